The summed E-state index contributed by atoms with van der Waals surface area (Å²) in [5.41, 5.74) is 0. The van der Waals surface area contributed by atoms with Crippen LogP contribution in [0.25, 0.3) is 0 Å². The Bertz CT molecular complexity index is 566. The number of para-hydroxylation sites is 1. The second-order valence-electron chi connectivity index (χ2n) is 4.87. The summed E-state index contributed by atoms with van der Waals surface area (Å²) in [6, 6.07) is 5.37. The van der Waals surface area contributed by atoms with Crippen molar-refractivity contribution in [3.63, 3.8) is 0 Å². The van der Waals surface area contributed by atoms with Gasteiger partial charge in [0.2, 0.25) is 10.0 Å². The fourth-order valence-electron chi connectivity index (χ4n) is 2.30. The highest BCUT2D eigenvalue weighted by Gasteiger charge is 2.22. The topological polar surface area (TPSA) is 67.4 Å². The van der Waals surface area contributed by atoms with Crippen molar-refractivity contribution < 1.29 is 21.9 Å². The highest BCUT2D eigenvalue weighted by molar-refractivity contribution is 7.89. The molecule has 0 amide bonds. The molecule has 1 aromatic carbocycles. The van der Waals surface area contributed by atoms with Gasteiger partial charge in [0.1, 0.15) is 10.6 Å². The number of sulfonamides is 1. The molecule has 9 heteroatoms. The van der Waals surface area contributed by atoms with Crippen LogP contribution in [-0.4, -0.2) is 34.7 Å². The van der Waals surface area contributed by atoms with Gasteiger partial charge in [0.25, 0.3) is 0 Å². The minimum Gasteiger partial charge on any atom is -0.433 e. The number of alkyl halides is 2. The predicted octanol–water partition coefficient (Wildman–Crippen LogP) is 1.99. The molecule has 1 fully saturated rings. The molecular weight excluding hydrogens is 338 g/mol. The van der Waals surface area contributed by atoms with Gasteiger partial charge in [-0.05, 0) is 44.0 Å². The molecule has 0 radical (unpaired) electrons. The molecule has 0 bridgehead atoms. The highest BCUT2D eigenvalue weighted by Crippen LogP contribution is 2.24. The van der Waals surface area contributed by atoms with Crippen molar-refractivity contribution in [1.29, 1.82) is 0 Å². The number of nitrogens with one attached hydrogen (secondary N) is 2. The second-order valence-corrected chi connectivity index (χ2v) is 6.61. The van der Waals surface area contributed by atoms with Crippen LogP contribution in [0.2, 0.25) is 0 Å². The molecule has 2 rings (SSSR count). The molecule has 1 saturated heterocycles. The maximum absolute atomic E-state index is 12.3. The normalized spacial score (nSPS) is 18.2. The van der Waals surface area contributed by atoms with Gasteiger partial charge in [-0.1, -0.05) is 12.1 Å². The molecule has 0 aliphatic carbocycles. The molecule has 1 unspecified atom stereocenters. The first kappa shape index (κ1) is 19.1. The Morgan fingerprint density at radius 2 is 2.09 bits per heavy atom. The summed E-state index contributed by atoms with van der Waals surface area (Å²) < 4.78 is 55.6. The lowest BCUT2D eigenvalue weighted by molar-refractivity contribution is -0.0517. The summed E-state index contributed by atoms with van der Waals surface area (Å²) in [6.07, 6.45) is 1.73. The number of hydrogen-bond donors (Lipinski definition) is 2. The van der Waals surface area contributed by atoms with Crippen LogP contribution in [0.4, 0.5) is 8.78 Å². The van der Waals surface area contributed by atoms with E-state index in [1.807, 2.05) is 0 Å². The Hall–Kier alpha value is -0.960. The van der Waals surface area contributed by atoms with Crippen LogP contribution in [0.15, 0.2) is 29.2 Å². The number of rotatable bonds is 7. The van der Waals surface area contributed by atoms with Gasteiger partial charge in [-0.15, -0.1) is 12.4 Å². The Labute approximate surface area is 134 Å². The largest absolute Gasteiger partial charge is 0.433 e. The molecule has 0 aromatic heterocycles. The van der Waals surface area contributed by atoms with Crippen LogP contribution in [0.5, 0.6) is 5.75 Å². The molecule has 2 N–H and O–H groups in total. The van der Waals surface area contributed by atoms with Gasteiger partial charge < -0.3 is 10.1 Å². The number of ether oxygens (including phenoxy) is 1. The lowest BCUT2D eigenvalue weighted by Crippen LogP contribution is -2.27. The van der Waals surface area contributed by atoms with E-state index in [2.05, 4.69) is 14.8 Å². The van der Waals surface area contributed by atoms with E-state index in [4.69, 9.17) is 0 Å². The lowest BCUT2D eigenvalue weighted by Gasteiger charge is -2.13. The summed E-state index contributed by atoms with van der Waals surface area (Å²) in [5.74, 6) is 0.0998. The third-order valence-electron chi connectivity index (χ3n) is 3.36. The van der Waals surface area contributed by atoms with E-state index in [9.17, 15) is 17.2 Å². The average Bonchev–Trinajstić information content (AvgIpc) is 2.91. The van der Waals surface area contributed by atoms with Gasteiger partial charge in [-0.25, -0.2) is 13.1 Å². The zero-order valence-corrected chi connectivity index (χ0v) is 13.4. The first-order chi connectivity index (χ1) is 9.99. The molecule has 22 heavy (non-hydrogen) atoms. The van der Waals surface area contributed by atoms with Crippen molar-refractivity contribution in [1.82, 2.24) is 10.0 Å². The average molecular weight is 357 g/mol. The predicted molar refractivity (Wildman–Crippen MR) is 81.1 cm³/mol. The standard InChI is InChI=1S/C13H18F2N2O3S.ClH/c14-13(15)20-11-3-1-2-4-12(11)21(18,19)17-8-6-10-5-7-16-9-10;/h1-4,10,13,16-17H,5-9H2;1H. The maximum Gasteiger partial charge on any atom is 0.387 e. The Morgan fingerprint density at radius 3 is 2.73 bits per heavy atom. The van der Waals surface area contributed by atoms with Crippen molar-refractivity contribution in [2.24, 2.45) is 5.92 Å². The number of hydrogen-bond acceptors (Lipinski definition) is 4. The summed E-state index contributed by atoms with van der Waals surface area (Å²) in [5, 5.41) is 3.20. The summed E-state index contributed by atoms with van der Waals surface area (Å²) >= 11 is 0. The van der Waals surface area contributed by atoms with E-state index >= 15 is 0 Å². The second kappa shape index (κ2) is 8.61. The molecule has 1 heterocycles. The number of halogens is 3. The van der Waals surface area contributed by atoms with Crippen LogP contribution in [0, 0.1) is 5.92 Å². The Kier molecular flexibility index (Phi) is 7.47. The Balaban J connectivity index is 0.00000242. The summed E-state index contributed by atoms with van der Waals surface area (Å²) in [4.78, 5) is -0.269. The van der Waals surface area contributed by atoms with Crippen LogP contribution < -0.4 is 14.8 Å². The molecular formula is C13H19ClF2N2O3S. The van der Waals surface area contributed by atoms with E-state index in [1.54, 1.807) is 0 Å². The van der Waals surface area contributed by atoms with Gasteiger partial charge in [0, 0.05) is 6.54 Å². The fraction of sp³-hybridized carbons (Fsp3) is 0.538. The molecule has 5 nitrogen and oxygen atoms in total. The Morgan fingerprint density at radius 1 is 1.36 bits per heavy atom. The quantitative estimate of drug-likeness (QED) is 0.784. The molecule has 126 valence electrons. The van der Waals surface area contributed by atoms with Gasteiger partial charge >= 0.3 is 6.61 Å². The first-order valence-corrected chi connectivity index (χ1v) is 8.21. The van der Waals surface area contributed by atoms with Gasteiger partial charge in [0.05, 0.1) is 0 Å². The van der Waals surface area contributed by atoms with E-state index in [0.29, 0.717) is 12.3 Å². The minimum absolute atomic E-state index is 0. The van der Waals surface area contributed by atoms with Crippen molar-refractivity contribution in [2.75, 3.05) is 19.6 Å². The van der Waals surface area contributed by atoms with Crippen LogP contribution in [-0.2, 0) is 10.0 Å². The molecule has 1 aliphatic rings. The third-order valence-corrected chi connectivity index (χ3v) is 4.86. The minimum atomic E-state index is -3.86. The number of benzene rings is 1. The maximum atomic E-state index is 12.3. The first-order valence-electron chi connectivity index (χ1n) is 6.73. The monoisotopic (exact) mass is 356 g/mol. The smallest absolute Gasteiger partial charge is 0.387 e. The van der Waals surface area contributed by atoms with Crippen molar-refractivity contribution in [3.05, 3.63) is 24.3 Å². The summed E-state index contributed by atoms with van der Waals surface area (Å²) in [6.45, 7) is -0.960. The lowest BCUT2D eigenvalue weighted by atomic mass is 10.1. The zero-order valence-electron chi connectivity index (χ0n) is 11.8. The molecule has 0 saturated carbocycles. The molecule has 0 spiro atoms. The molecule has 1 aliphatic heterocycles. The van der Waals surface area contributed by atoms with E-state index in [1.165, 1.54) is 24.3 Å². The van der Waals surface area contributed by atoms with Crippen LogP contribution >= 0.6 is 12.4 Å². The van der Waals surface area contributed by atoms with E-state index in [0.717, 1.165) is 19.5 Å². The van der Waals surface area contributed by atoms with Gasteiger partial charge in [-0.2, -0.15) is 8.78 Å². The fourth-order valence-corrected chi connectivity index (χ4v) is 3.48. The molecule has 1 aromatic rings. The van der Waals surface area contributed by atoms with Crippen LogP contribution in [0.3, 0.4) is 0 Å². The third kappa shape index (κ3) is 5.35. The van der Waals surface area contributed by atoms with Crippen molar-refractivity contribution in [2.45, 2.75) is 24.3 Å². The van der Waals surface area contributed by atoms with Crippen LogP contribution in [0.1, 0.15) is 12.8 Å². The van der Waals surface area contributed by atoms with E-state index < -0.39 is 16.6 Å². The van der Waals surface area contributed by atoms with Gasteiger partial charge in [-0.3, -0.25) is 0 Å². The van der Waals surface area contributed by atoms with Gasteiger partial charge in [0.15, 0.2) is 0 Å². The highest BCUT2D eigenvalue weighted by atomic mass is 35.5. The molecule has 1 atom stereocenters. The van der Waals surface area contributed by atoms with E-state index in [-0.39, 0.29) is 29.6 Å². The zero-order chi connectivity index (χ0) is 15.3. The van der Waals surface area contributed by atoms with Crippen molar-refractivity contribution >= 4 is 22.4 Å². The SMILES string of the molecule is Cl.O=S(=O)(NCCC1CCNC1)c1ccccc1OC(F)F. The summed E-state index contributed by atoms with van der Waals surface area (Å²) in [7, 11) is -3.86. The van der Waals surface area contributed by atoms with Crippen molar-refractivity contribution in [3.8, 4) is 5.75 Å².